The lowest BCUT2D eigenvalue weighted by atomic mass is 10.2. The minimum atomic E-state index is 0.411. The fourth-order valence-electron chi connectivity index (χ4n) is 0.906. The van der Waals surface area contributed by atoms with Gasteiger partial charge in [0, 0.05) is 5.69 Å². The van der Waals surface area contributed by atoms with Crippen molar-refractivity contribution in [3.63, 3.8) is 0 Å². The van der Waals surface area contributed by atoms with Crippen molar-refractivity contribution in [3.05, 3.63) is 29.6 Å². The predicted molar refractivity (Wildman–Crippen MR) is 42.9 cm³/mol. The Morgan fingerprint density at radius 2 is 2.18 bits per heavy atom. The van der Waals surface area contributed by atoms with Crippen molar-refractivity contribution in [2.24, 2.45) is 0 Å². The Balaban J connectivity index is 2.84. The summed E-state index contributed by atoms with van der Waals surface area (Å²) in [4.78, 5) is 4.26. The average Bonchev–Trinajstić information content (AvgIpc) is 2.06. The third-order valence-corrected chi connectivity index (χ3v) is 1.49. The van der Waals surface area contributed by atoms with Gasteiger partial charge in [0.25, 0.3) is 0 Å². The maximum Gasteiger partial charge on any atom is 0.0774 e. The molecule has 0 bridgehead atoms. The molecule has 0 fully saturated rings. The van der Waals surface area contributed by atoms with Crippen LogP contribution in [0.25, 0.3) is 0 Å². The van der Waals surface area contributed by atoms with Crippen LogP contribution in [0.4, 0.5) is 0 Å². The summed E-state index contributed by atoms with van der Waals surface area (Å²) >= 11 is 0. The lowest BCUT2D eigenvalue weighted by molar-refractivity contribution is 0.985. The maximum atomic E-state index is 8.39. The fraction of sp³-hybridized carbons (Fsp3) is 0.333. The molecule has 0 N–H and O–H groups in total. The molecule has 0 saturated heterocycles. The molecule has 0 aliphatic carbocycles. The van der Waals surface area contributed by atoms with Crippen molar-refractivity contribution in [1.82, 2.24) is 4.98 Å². The summed E-state index contributed by atoms with van der Waals surface area (Å²) in [6.07, 6.45) is 1.34. The molecule has 1 aromatic rings. The molecular weight excluding hydrogens is 136 g/mol. The van der Waals surface area contributed by atoms with E-state index < -0.39 is 0 Å². The molecule has 1 rings (SSSR count). The molecule has 0 aliphatic rings. The largest absolute Gasteiger partial charge is 0.257 e. The highest BCUT2D eigenvalue weighted by Crippen LogP contribution is 1.99. The molecule has 11 heavy (non-hydrogen) atoms. The summed E-state index contributed by atoms with van der Waals surface area (Å²) in [7, 11) is 0. The second kappa shape index (κ2) is 3.72. The van der Waals surface area contributed by atoms with E-state index >= 15 is 0 Å². The summed E-state index contributed by atoms with van der Waals surface area (Å²) in [5, 5.41) is 8.39. The molecule has 0 atom stereocenters. The number of hydrogen-bond donors (Lipinski definition) is 0. The molecule has 1 heterocycles. The van der Waals surface area contributed by atoms with E-state index in [0.29, 0.717) is 6.42 Å². The molecule has 0 saturated carbocycles. The van der Waals surface area contributed by atoms with Gasteiger partial charge in [-0.2, -0.15) is 5.26 Å². The van der Waals surface area contributed by atoms with Crippen molar-refractivity contribution in [2.45, 2.75) is 19.8 Å². The third kappa shape index (κ3) is 2.05. The normalized spacial score (nSPS) is 9.09. The van der Waals surface area contributed by atoms with Crippen molar-refractivity contribution in [2.75, 3.05) is 0 Å². The first kappa shape index (κ1) is 7.74. The quantitative estimate of drug-likeness (QED) is 0.636. The molecule has 2 nitrogen and oxygen atoms in total. The van der Waals surface area contributed by atoms with Gasteiger partial charge in [0.1, 0.15) is 0 Å². The van der Waals surface area contributed by atoms with Crippen molar-refractivity contribution < 1.29 is 0 Å². The summed E-state index contributed by atoms with van der Waals surface area (Å²) in [6, 6.07) is 7.87. The van der Waals surface area contributed by atoms with Gasteiger partial charge >= 0.3 is 0 Å². The SMILES string of the molecule is CCc1cccc(CC#N)n1. The van der Waals surface area contributed by atoms with E-state index in [0.717, 1.165) is 17.8 Å². The number of nitrogens with zero attached hydrogens (tertiary/aromatic N) is 2. The van der Waals surface area contributed by atoms with Crippen LogP contribution in [0, 0.1) is 11.3 Å². The molecule has 0 unspecified atom stereocenters. The Kier molecular flexibility index (Phi) is 2.62. The Hall–Kier alpha value is -1.36. The maximum absolute atomic E-state index is 8.39. The minimum Gasteiger partial charge on any atom is -0.257 e. The van der Waals surface area contributed by atoms with Crippen LogP contribution < -0.4 is 0 Å². The summed E-state index contributed by atoms with van der Waals surface area (Å²) in [5.74, 6) is 0. The molecule has 0 amide bonds. The second-order valence-corrected chi connectivity index (χ2v) is 2.31. The molecule has 0 spiro atoms. The zero-order valence-corrected chi connectivity index (χ0v) is 6.54. The number of aromatic nitrogens is 1. The predicted octanol–water partition coefficient (Wildman–Crippen LogP) is 1.71. The Bertz CT molecular complexity index is 273. The first-order valence-electron chi connectivity index (χ1n) is 3.68. The van der Waals surface area contributed by atoms with Gasteiger partial charge < -0.3 is 0 Å². The van der Waals surface area contributed by atoms with E-state index in [1.54, 1.807) is 0 Å². The topological polar surface area (TPSA) is 36.7 Å². The van der Waals surface area contributed by atoms with Gasteiger partial charge in [-0.3, -0.25) is 4.98 Å². The molecule has 2 heteroatoms. The Morgan fingerprint density at radius 1 is 1.45 bits per heavy atom. The smallest absolute Gasteiger partial charge is 0.0774 e. The summed E-state index contributed by atoms with van der Waals surface area (Å²) in [6.45, 7) is 2.05. The Morgan fingerprint density at radius 3 is 2.82 bits per heavy atom. The lowest BCUT2D eigenvalue weighted by Crippen LogP contribution is -1.92. The van der Waals surface area contributed by atoms with E-state index in [-0.39, 0.29) is 0 Å². The van der Waals surface area contributed by atoms with Crippen LogP contribution in [0.2, 0.25) is 0 Å². The highest BCUT2D eigenvalue weighted by Gasteiger charge is 1.93. The summed E-state index contributed by atoms with van der Waals surface area (Å²) < 4.78 is 0. The van der Waals surface area contributed by atoms with Crippen molar-refractivity contribution in [3.8, 4) is 6.07 Å². The number of aryl methyl sites for hydroxylation is 1. The van der Waals surface area contributed by atoms with Crippen LogP contribution in [0.15, 0.2) is 18.2 Å². The van der Waals surface area contributed by atoms with Crippen molar-refractivity contribution >= 4 is 0 Å². The first-order valence-corrected chi connectivity index (χ1v) is 3.68. The van der Waals surface area contributed by atoms with E-state index in [4.69, 9.17) is 5.26 Å². The van der Waals surface area contributed by atoms with Gasteiger partial charge in [-0.15, -0.1) is 0 Å². The number of nitriles is 1. The monoisotopic (exact) mass is 146 g/mol. The van der Waals surface area contributed by atoms with Crippen LogP contribution in [0.5, 0.6) is 0 Å². The number of hydrogen-bond acceptors (Lipinski definition) is 2. The fourth-order valence-corrected chi connectivity index (χ4v) is 0.906. The van der Waals surface area contributed by atoms with Crippen LogP contribution in [-0.4, -0.2) is 4.98 Å². The summed E-state index contributed by atoms with van der Waals surface area (Å²) in [5.41, 5.74) is 1.92. The third-order valence-electron chi connectivity index (χ3n) is 1.49. The van der Waals surface area contributed by atoms with Crippen molar-refractivity contribution in [1.29, 1.82) is 5.26 Å². The lowest BCUT2D eigenvalue weighted by Gasteiger charge is -1.96. The van der Waals surface area contributed by atoms with Gasteiger partial charge in [-0.1, -0.05) is 13.0 Å². The molecular formula is C9H10N2. The van der Waals surface area contributed by atoms with Gasteiger partial charge in [0.15, 0.2) is 0 Å². The first-order chi connectivity index (χ1) is 5.36. The number of rotatable bonds is 2. The number of pyridine rings is 1. The van der Waals surface area contributed by atoms with E-state index in [1.807, 2.05) is 18.2 Å². The molecule has 0 radical (unpaired) electrons. The highest BCUT2D eigenvalue weighted by atomic mass is 14.7. The zero-order chi connectivity index (χ0) is 8.10. The Labute approximate surface area is 66.5 Å². The van der Waals surface area contributed by atoms with Gasteiger partial charge in [-0.05, 0) is 18.6 Å². The van der Waals surface area contributed by atoms with Crippen LogP contribution in [0.3, 0.4) is 0 Å². The molecule has 1 aromatic heterocycles. The van der Waals surface area contributed by atoms with E-state index in [2.05, 4.69) is 18.0 Å². The minimum absolute atomic E-state index is 0.411. The van der Waals surface area contributed by atoms with Gasteiger partial charge in [0.2, 0.25) is 0 Å². The highest BCUT2D eigenvalue weighted by molar-refractivity contribution is 5.13. The molecule has 0 aromatic carbocycles. The van der Waals surface area contributed by atoms with Crippen LogP contribution >= 0.6 is 0 Å². The van der Waals surface area contributed by atoms with Crippen LogP contribution in [-0.2, 0) is 12.8 Å². The average molecular weight is 146 g/mol. The van der Waals surface area contributed by atoms with Gasteiger partial charge in [-0.25, -0.2) is 0 Å². The van der Waals surface area contributed by atoms with E-state index in [1.165, 1.54) is 0 Å². The second-order valence-electron chi connectivity index (χ2n) is 2.31. The zero-order valence-electron chi connectivity index (χ0n) is 6.54. The van der Waals surface area contributed by atoms with Crippen LogP contribution in [0.1, 0.15) is 18.3 Å². The molecule has 0 aliphatic heterocycles. The van der Waals surface area contributed by atoms with Gasteiger partial charge in [0.05, 0.1) is 18.2 Å². The van der Waals surface area contributed by atoms with E-state index in [9.17, 15) is 0 Å². The molecule has 56 valence electrons. The standard InChI is InChI=1S/C9H10N2/c1-2-8-4-3-5-9(11-8)6-7-10/h3-5H,2,6H2,1H3.